The van der Waals surface area contributed by atoms with Crippen LogP contribution in [0.25, 0.3) is 0 Å². The minimum absolute atomic E-state index is 0.116. The largest absolute Gasteiger partial charge is 0.469 e. The van der Waals surface area contributed by atoms with Gasteiger partial charge in [-0.2, -0.15) is 0 Å². The normalized spacial score (nSPS) is 10.3. The van der Waals surface area contributed by atoms with Gasteiger partial charge >= 0.3 is 5.97 Å². The molecular weight excluding hydrogens is 384 g/mol. The fourth-order valence-corrected chi connectivity index (χ4v) is 3.54. The van der Waals surface area contributed by atoms with Gasteiger partial charge in [0.05, 0.1) is 12.9 Å². The molecule has 25 heavy (non-hydrogen) atoms. The summed E-state index contributed by atoms with van der Waals surface area (Å²) in [5.74, 6) is -0.157. The Kier molecular flexibility index (Phi) is 7.96. The molecule has 1 heterocycles. The molecule has 1 aromatic heterocycles. The molecule has 10 heteroatoms. The Hall–Kier alpha value is -1.84. The lowest BCUT2D eigenvalue weighted by Crippen LogP contribution is -2.26. The third kappa shape index (κ3) is 7.29. The summed E-state index contributed by atoms with van der Waals surface area (Å²) in [6, 6.07) is 7.29. The molecule has 0 aliphatic carbocycles. The van der Waals surface area contributed by atoms with Crippen LogP contribution < -0.4 is 10.6 Å². The molecule has 134 valence electrons. The predicted octanol–water partition coefficient (Wildman–Crippen LogP) is 3.10. The molecule has 0 saturated heterocycles. The predicted molar refractivity (Wildman–Crippen MR) is 99.6 cm³/mol. The van der Waals surface area contributed by atoms with Crippen LogP contribution in [-0.4, -0.2) is 41.5 Å². The molecule has 1 aromatic carbocycles. The quantitative estimate of drug-likeness (QED) is 0.379. The monoisotopic (exact) mass is 400 g/mol. The zero-order valence-corrected chi connectivity index (χ0v) is 15.8. The van der Waals surface area contributed by atoms with Crippen LogP contribution in [0.2, 0.25) is 5.02 Å². The van der Waals surface area contributed by atoms with Crippen molar-refractivity contribution in [2.75, 3.05) is 24.7 Å². The smallest absolute Gasteiger partial charge is 0.305 e. The van der Waals surface area contributed by atoms with Gasteiger partial charge in [-0.15, -0.1) is 10.2 Å². The van der Waals surface area contributed by atoms with Crippen LogP contribution in [0.1, 0.15) is 12.8 Å². The van der Waals surface area contributed by atoms with Gasteiger partial charge in [-0.25, -0.2) is 0 Å². The van der Waals surface area contributed by atoms with Crippen LogP contribution in [0.4, 0.5) is 10.8 Å². The number of nitrogens with one attached hydrogen (secondary N) is 2. The number of anilines is 2. The molecule has 0 aliphatic rings. The number of ether oxygens (including phenoxy) is 1. The summed E-state index contributed by atoms with van der Waals surface area (Å²) >= 11 is 8.59. The molecule has 0 saturated carbocycles. The van der Waals surface area contributed by atoms with E-state index in [0.29, 0.717) is 33.9 Å². The lowest BCUT2D eigenvalue weighted by molar-refractivity contribution is -0.140. The molecule has 2 N–H and O–H groups in total. The average molecular weight is 401 g/mol. The van der Waals surface area contributed by atoms with E-state index in [0.717, 1.165) is 5.69 Å². The summed E-state index contributed by atoms with van der Waals surface area (Å²) in [4.78, 5) is 22.7. The van der Waals surface area contributed by atoms with Gasteiger partial charge in [-0.05, 0) is 24.6 Å². The molecular formula is C15H17ClN4O3S2. The van der Waals surface area contributed by atoms with Crippen molar-refractivity contribution >= 4 is 57.4 Å². The fourth-order valence-electron chi connectivity index (χ4n) is 1.75. The van der Waals surface area contributed by atoms with E-state index in [2.05, 4.69) is 25.6 Å². The SMILES string of the molecule is COC(=O)CCCNC(=O)CSc1nnc(Nc2cccc(Cl)c2)s1. The van der Waals surface area contributed by atoms with Crippen LogP contribution in [0.15, 0.2) is 28.6 Å². The van der Waals surface area contributed by atoms with Crippen molar-refractivity contribution in [1.29, 1.82) is 0 Å². The number of carbonyl (C=O) groups excluding carboxylic acids is 2. The van der Waals surface area contributed by atoms with E-state index in [4.69, 9.17) is 11.6 Å². The number of hydrogen-bond acceptors (Lipinski definition) is 8. The van der Waals surface area contributed by atoms with E-state index in [1.165, 1.54) is 30.2 Å². The molecule has 7 nitrogen and oxygen atoms in total. The van der Waals surface area contributed by atoms with Crippen LogP contribution in [-0.2, 0) is 14.3 Å². The fraction of sp³-hybridized carbons (Fsp3) is 0.333. The topological polar surface area (TPSA) is 93.2 Å². The Bertz CT molecular complexity index is 726. The molecule has 0 spiro atoms. The van der Waals surface area contributed by atoms with Crippen LogP contribution in [0, 0.1) is 0 Å². The number of thioether (sulfide) groups is 1. The molecule has 0 atom stereocenters. The van der Waals surface area contributed by atoms with E-state index in [1.807, 2.05) is 12.1 Å². The lowest BCUT2D eigenvalue weighted by atomic mass is 10.3. The molecule has 0 aliphatic heterocycles. The van der Waals surface area contributed by atoms with Crippen molar-refractivity contribution < 1.29 is 14.3 Å². The molecule has 0 radical (unpaired) electrons. The van der Waals surface area contributed by atoms with Crippen LogP contribution in [0.3, 0.4) is 0 Å². The van der Waals surface area contributed by atoms with Crippen molar-refractivity contribution in [2.45, 2.75) is 17.2 Å². The molecule has 0 bridgehead atoms. The molecule has 0 fully saturated rings. The number of amides is 1. The minimum atomic E-state index is -0.280. The van der Waals surface area contributed by atoms with E-state index >= 15 is 0 Å². The number of carbonyl (C=O) groups is 2. The van der Waals surface area contributed by atoms with E-state index < -0.39 is 0 Å². The molecule has 0 unspecified atom stereocenters. The molecule has 2 aromatic rings. The van der Waals surface area contributed by atoms with Crippen LogP contribution >= 0.6 is 34.7 Å². The molecule has 2 rings (SSSR count). The highest BCUT2D eigenvalue weighted by Crippen LogP contribution is 2.28. The first-order valence-electron chi connectivity index (χ1n) is 7.39. The molecule has 1 amide bonds. The summed E-state index contributed by atoms with van der Waals surface area (Å²) in [7, 11) is 1.34. The highest BCUT2D eigenvalue weighted by molar-refractivity contribution is 8.01. The summed E-state index contributed by atoms with van der Waals surface area (Å²) in [5, 5.41) is 15.2. The summed E-state index contributed by atoms with van der Waals surface area (Å²) in [5.41, 5.74) is 0.823. The zero-order chi connectivity index (χ0) is 18.1. The summed E-state index contributed by atoms with van der Waals surface area (Å²) in [6.07, 6.45) is 0.842. The third-order valence-corrected chi connectivity index (χ3v) is 5.12. The number of hydrogen-bond donors (Lipinski definition) is 2. The highest BCUT2D eigenvalue weighted by atomic mass is 35.5. The summed E-state index contributed by atoms with van der Waals surface area (Å²) in [6.45, 7) is 0.437. The lowest BCUT2D eigenvalue weighted by Gasteiger charge is -2.03. The Morgan fingerprint density at radius 3 is 2.96 bits per heavy atom. The third-order valence-electron chi connectivity index (χ3n) is 2.92. The highest BCUT2D eigenvalue weighted by Gasteiger charge is 2.09. The average Bonchev–Trinajstić information content (AvgIpc) is 3.04. The Balaban J connectivity index is 1.70. The number of benzene rings is 1. The van der Waals surface area contributed by atoms with Crippen molar-refractivity contribution in [2.24, 2.45) is 0 Å². The van der Waals surface area contributed by atoms with Gasteiger partial charge in [0.2, 0.25) is 11.0 Å². The van der Waals surface area contributed by atoms with Gasteiger partial charge in [0, 0.05) is 23.7 Å². The Labute approximate surface area is 158 Å². The maximum atomic E-state index is 11.7. The van der Waals surface area contributed by atoms with Gasteiger partial charge in [-0.3, -0.25) is 9.59 Å². The van der Waals surface area contributed by atoms with Gasteiger partial charge in [0.25, 0.3) is 0 Å². The van der Waals surface area contributed by atoms with Crippen molar-refractivity contribution in [3.63, 3.8) is 0 Å². The van der Waals surface area contributed by atoms with Crippen molar-refractivity contribution in [1.82, 2.24) is 15.5 Å². The van der Waals surface area contributed by atoms with Crippen LogP contribution in [0.5, 0.6) is 0 Å². The number of methoxy groups -OCH3 is 1. The maximum Gasteiger partial charge on any atom is 0.305 e. The maximum absolute atomic E-state index is 11.7. The number of esters is 1. The van der Waals surface area contributed by atoms with E-state index in [1.54, 1.807) is 12.1 Å². The summed E-state index contributed by atoms with van der Waals surface area (Å²) < 4.78 is 5.22. The number of aromatic nitrogens is 2. The number of rotatable bonds is 9. The van der Waals surface area contributed by atoms with Crippen molar-refractivity contribution in [3.8, 4) is 0 Å². The zero-order valence-electron chi connectivity index (χ0n) is 13.5. The Morgan fingerprint density at radius 2 is 2.20 bits per heavy atom. The van der Waals surface area contributed by atoms with Crippen molar-refractivity contribution in [3.05, 3.63) is 29.3 Å². The number of halogens is 1. The number of nitrogens with zero attached hydrogens (tertiary/aromatic N) is 2. The second-order valence-electron chi connectivity index (χ2n) is 4.83. The first-order chi connectivity index (χ1) is 12.1. The Morgan fingerprint density at radius 1 is 1.36 bits per heavy atom. The first-order valence-corrected chi connectivity index (χ1v) is 9.57. The second-order valence-corrected chi connectivity index (χ2v) is 7.46. The van der Waals surface area contributed by atoms with Gasteiger partial charge in [0.15, 0.2) is 4.34 Å². The first kappa shape index (κ1) is 19.5. The standard InChI is InChI=1S/C15H17ClN4O3S2/c1-23-13(22)6-3-7-17-12(21)9-24-15-20-19-14(25-15)18-11-5-2-4-10(16)8-11/h2,4-5,8H,3,6-7,9H2,1H3,(H,17,21)(H,18,19). The second kappa shape index (κ2) is 10.2. The van der Waals surface area contributed by atoms with E-state index in [-0.39, 0.29) is 17.6 Å². The minimum Gasteiger partial charge on any atom is -0.469 e. The van der Waals surface area contributed by atoms with Gasteiger partial charge in [-0.1, -0.05) is 40.8 Å². The van der Waals surface area contributed by atoms with E-state index in [9.17, 15) is 9.59 Å². The van der Waals surface area contributed by atoms with Gasteiger partial charge in [0.1, 0.15) is 0 Å². The van der Waals surface area contributed by atoms with Gasteiger partial charge < -0.3 is 15.4 Å².